The third-order valence-corrected chi connectivity index (χ3v) is 5.27. The zero-order valence-corrected chi connectivity index (χ0v) is 16.0. The summed E-state index contributed by atoms with van der Waals surface area (Å²) >= 11 is 0. The van der Waals surface area contributed by atoms with Gasteiger partial charge in [-0.05, 0) is 66.2 Å². The highest BCUT2D eigenvalue weighted by Gasteiger charge is 2.14. The van der Waals surface area contributed by atoms with Gasteiger partial charge in [0.15, 0.2) is 0 Å². The number of rotatable bonds is 7. The molecule has 8 heteroatoms. The summed E-state index contributed by atoms with van der Waals surface area (Å²) in [6.45, 7) is 2.04. The van der Waals surface area contributed by atoms with Crippen molar-refractivity contribution in [2.75, 3.05) is 15.4 Å². The summed E-state index contributed by atoms with van der Waals surface area (Å²) in [5.41, 5.74) is 2.97. The standard InChI is InChI=1S/C20H20N4O3S/c1-15(25)23-18-6-8-20(9-7-18)28(26,27)24-19-4-2-17(3-5-19)22-14-16-10-12-21-13-11-16/h2-13,22,24H,14H2,1H3,(H,23,25). The summed E-state index contributed by atoms with van der Waals surface area (Å²) < 4.78 is 27.6. The zero-order valence-electron chi connectivity index (χ0n) is 15.2. The molecule has 0 saturated carbocycles. The van der Waals surface area contributed by atoms with Gasteiger partial charge in [-0.25, -0.2) is 8.42 Å². The average molecular weight is 396 g/mol. The minimum atomic E-state index is -3.72. The van der Waals surface area contributed by atoms with Gasteiger partial charge < -0.3 is 10.6 Å². The third kappa shape index (κ3) is 5.31. The van der Waals surface area contributed by atoms with Gasteiger partial charge in [-0.1, -0.05) is 0 Å². The Bertz CT molecular complexity index is 1040. The first-order chi connectivity index (χ1) is 13.4. The maximum absolute atomic E-state index is 12.5. The molecule has 0 atom stereocenters. The molecule has 7 nitrogen and oxygen atoms in total. The second-order valence-electron chi connectivity index (χ2n) is 6.10. The molecule has 0 aliphatic heterocycles. The van der Waals surface area contributed by atoms with Gasteiger partial charge >= 0.3 is 0 Å². The molecule has 2 aromatic carbocycles. The van der Waals surface area contributed by atoms with Crippen molar-refractivity contribution in [3.8, 4) is 0 Å². The Morgan fingerprint density at radius 3 is 2.04 bits per heavy atom. The van der Waals surface area contributed by atoms with Gasteiger partial charge in [0.25, 0.3) is 10.0 Å². The van der Waals surface area contributed by atoms with E-state index in [-0.39, 0.29) is 10.8 Å². The van der Waals surface area contributed by atoms with Gasteiger partial charge in [-0.3, -0.25) is 14.5 Å². The number of hydrogen-bond donors (Lipinski definition) is 3. The molecule has 0 fully saturated rings. The van der Waals surface area contributed by atoms with E-state index < -0.39 is 10.0 Å². The number of anilines is 3. The molecule has 0 aliphatic carbocycles. The van der Waals surface area contributed by atoms with Crippen LogP contribution in [0.4, 0.5) is 17.1 Å². The predicted octanol–water partition coefficient (Wildman–Crippen LogP) is 3.45. The molecule has 1 aromatic heterocycles. The first-order valence-corrected chi connectivity index (χ1v) is 10.0. The molecule has 144 valence electrons. The van der Waals surface area contributed by atoms with Crippen molar-refractivity contribution < 1.29 is 13.2 Å². The monoisotopic (exact) mass is 396 g/mol. The van der Waals surface area contributed by atoms with Crippen molar-refractivity contribution in [1.29, 1.82) is 0 Å². The second kappa shape index (κ2) is 8.53. The molecule has 0 spiro atoms. The van der Waals surface area contributed by atoms with Crippen molar-refractivity contribution in [2.45, 2.75) is 18.4 Å². The smallest absolute Gasteiger partial charge is 0.261 e. The van der Waals surface area contributed by atoms with Crippen molar-refractivity contribution in [3.63, 3.8) is 0 Å². The zero-order chi connectivity index (χ0) is 20.0. The minimum absolute atomic E-state index is 0.112. The van der Waals surface area contributed by atoms with Crippen molar-refractivity contribution in [2.24, 2.45) is 0 Å². The Kier molecular flexibility index (Phi) is 5.90. The summed E-state index contributed by atoms with van der Waals surface area (Å²) in [7, 11) is -3.72. The topological polar surface area (TPSA) is 100 Å². The van der Waals surface area contributed by atoms with Gasteiger partial charge in [0, 0.05) is 42.9 Å². The van der Waals surface area contributed by atoms with E-state index in [1.165, 1.54) is 19.1 Å². The van der Waals surface area contributed by atoms with Crippen LogP contribution in [-0.2, 0) is 21.4 Å². The molecule has 1 amide bonds. The van der Waals surface area contributed by atoms with Crippen LogP contribution >= 0.6 is 0 Å². The highest BCUT2D eigenvalue weighted by atomic mass is 32.2. The maximum Gasteiger partial charge on any atom is 0.261 e. The van der Waals surface area contributed by atoms with Gasteiger partial charge in [0.1, 0.15) is 0 Å². The fourth-order valence-electron chi connectivity index (χ4n) is 2.50. The molecule has 1 heterocycles. The van der Waals surface area contributed by atoms with Gasteiger partial charge in [0.2, 0.25) is 5.91 Å². The van der Waals surface area contributed by atoms with E-state index in [1.54, 1.807) is 48.8 Å². The van der Waals surface area contributed by atoms with E-state index in [0.29, 0.717) is 17.9 Å². The summed E-state index contributed by atoms with van der Waals surface area (Å²) in [6.07, 6.45) is 3.47. The van der Waals surface area contributed by atoms with E-state index in [2.05, 4.69) is 20.3 Å². The molecular weight excluding hydrogens is 376 g/mol. The molecule has 0 aliphatic rings. The fraction of sp³-hybridized carbons (Fsp3) is 0.100. The third-order valence-electron chi connectivity index (χ3n) is 3.87. The van der Waals surface area contributed by atoms with Crippen LogP contribution in [0.5, 0.6) is 0 Å². The molecule has 3 aromatic rings. The lowest BCUT2D eigenvalue weighted by Crippen LogP contribution is -2.13. The van der Waals surface area contributed by atoms with Crippen molar-refractivity contribution in [3.05, 3.63) is 78.6 Å². The van der Waals surface area contributed by atoms with E-state index in [9.17, 15) is 13.2 Å². The highest BCUT2D eigenvalue weighted by molar-refractivity contribution is 7.92. The van der Waals surface area contributed by atoms with Crippen LogP contribution in [0.25, 0.3) is 0 Å². The number of nitrogens with zero attached hydrogens (tertiary/aromatic N) is 1. The summed E-state index contributed by atoms with van der Waals surface area (Å²) in [4.78, 5) is 15.1. The van der Waals surface area contributed by atoms with E-state index in [1.807, 2.05) is 12.1 Å². The van der Waals surface area contributed by atoms with Crippen LogP contribution in [0.15, 0.2) is 78.0 Å². The van der Waals surface area contributed by atoms with Crippen LogP contribution in [-0.4, -0.2) is 19.3 Å². The predicted molar refractivity (Wildman–Crippen MR) is 110 cm³/mol. The SMILES string of the molecule is CC(=O)Nc1ccc(S(=O)(=O)Nc2ccc(NCc3ccncc3)cc2)cc1. The minimum Gasteiger partial charge on any atom is -0.381 e. The van der Waals surface area contributed by atoms with E-state index in [0.717, 1.165) is 11.3 Å². The molecule has 0 saturated heterocycles. The summed E-state index contributed by atoms with van der Waals surface area (Å²) in [6, 6.07) is 16.8. The first kappa shape index (κ1) is 19.4. The number of hydrogen-bond acceptors (Lipinski definition) is 5. The van der Waals surface area contributed by atoms with Crippen LogP contribution in [0.2, 0.25) is 0 Å². The van der Waals surface area contributed by atoms with E-state index >= 15 is 0 Å². The lowest BCUT2D eigenvalue weighted by atomic mass is 10.2. The Morgan fingerprint density at radius 2 is 1.43 bits per heavy atom. The number of nitrogens with one attached hydrogen (secondary N) is 3. The normalized spacial score (nSPS) is 10.9. The Morgan fingerprint density at radius 1 is 0.857 bits per heavy atom. The Hall–Kier alpha value is -3.39. The van der Waals surface area contributed by atoms with Gasteiger partial charge in [-0.15, -0.1) is 0 Å². The Labute approximate surface area is 163 Å². The van der Waals surface area contributed by atoms with Crippen LogP contribution in [0.3, 0.4) is 0 Å². The Balaban J connectivity index is 1.63. The summed E-state index contributed by atoms with van der Waals surface area (Å²) in [5, 5.41) is 5.86. The largest absolute Gasteiger partial charge is 0.381 e. The number of carbonyl (C=O) groups excluding carboxylic acids is 1. The van der Waals surface area contributed by atoms with Gasteiger partial charge in [0.05, 0.1) is 4.90 Å². The number of pyridine rings is 1. The molecule has 0 radical (unpaired) electrons. The van der Waals surface area contributed by atoms with Crippen LogP contribution in [0.1, 0.15) is 12.5 Å². The molecular formula is C20H20N4O3S. The molecule has 28 heavy (non-hydrogen) atoms. The molecule has 3 rings (SSSR count). The molecule has 3 N–H and O–H groups in total. The quantitative estimate of drug-likeness (QED) is 0.568. The van der Waals surface area contributed by atoms with Crippen molar-refractivity contribution >= 4 is 33.0 Å². The number of amides is 1. The first-order valence-electron chi connectivity index (χ1n) is 8.56. The van der Waals surface area contributed by atoms with Gasteiger partial charge in [-0.2, -0.15) is 0 Å². The lowest BCUT2D eigenvalue weighted by molar-refractivity contribution is -0.114. The lowest BCUT2D eigenvalue weighted by Gasteiger charge is -2.11. The second-order valence-corrected chi connectivity index (χ2v) is 7.78. The number of benzene rings is 2. The average Bonchev–Trinajstić information content (AvgIpc) is 2.68. The molecule has 0 unspecified atom stereocenters. The maximum atomic E-state index is 12.5. The number of sulfonamides is 1. The van der Waals surface area contributed by atoms with Crippen LogP contribution in [0, 0.1) is 0 Å². The highest BCUT2D eigenvalue weighted by Crippen LogP contribution is 2.20. The van der Waals surface area contributed by atoms with Crippen molar-refractivity contribution in [1.82, 2.24) is 4.98 Å². The van der Waals surface area contributed by atoms with E-state index in [4.69, 9.17) is 0 Å². The number of aromatic nitrogens is 1. The summed E-state index contributed by atoms with van der Waals surface area (Å²) in [5.74, 6) is -0.216. The number of carbonyl (C=O) groups is 1. The molecule has 0 bridgehead atoms. The van der Waals surface area contributed by atoms with Crippen LogP contribution < -0.4 is 15.4 Å². The fourth-order valence-corrected chi connectivity index (χ4v) is 3.55.